The van der Waals surface area contributed by atoms with E-state index in [0.29, 0.717) is 5.69 Å². The van der Waals surface area contributed by atoms with Crippen LogP contribution in [0, 0.1) is 11.3 Å². The van der Waals surface area contributed by atoms with Gasteiger partial charge in [-0.15, -0.1) is 0 Å². The second-order valence-electron chi connectivity index (χ2n) is 4.27. The minimum absolute atomic E-state index is 0.0552. The summed E-state index contributed by atoms with van der Waals surface area (Å²) in [5, 5.41) is 22.1. The Morgan fingerprint density at radius 3 is 2.55 bits per heavy atom. The van der Waals surface area contributed by atoms with Gasteiger partial charge in [0.25, 0.3) is 0 Å². The number of nitrogens with two attached hydrogens (primary N) is 1. The zero-order valence-electron chi connectivity index (χ0n) is 10.8. The first-order valence-electron chi connectivity index (χ1n) is 5.93. The van der Waals surface area contributed by atoms with Gasteiger partial charge in [-0.05, 0) is 19.1 Å². The number of carbonyl (C=O) groups is 1. The third kappa shape index (κ3) is 2.40. The van der Waals surface area contributed by atoms with Crippen LogP contribution < -0.4 is 11.1 Å². The molecule has 0 spiro atoms. The van der Waals surface area contributed by atoms with Crippen LogP contribution in [0.15, 0.2) is 36.4 Å². The first-order chi connectivity index (χ1) is 9.54. The number of benzene rings is 2. The third-order valence-corrected chi connectivity index (χ3v) is 2.84. The van der Waals surface area contributed by atoms with Gasteiger partial charge in [-0.2, -0.15) is 5.26 Å². The van der Waals surface area contributed by atoms with Crippen molar-refractivity contribution in [1.29, 1.82) is 5.26 Å². The van der Waals surface area contributed by atoms with Gasteiger partial charge in [0.1, 0.15) is 11.8 Å². The Morgan fingerprint density at radius 2 is 2.00 bits per heavy atom. The van der Waals surface area contributed by atoms with Gasteiger partial charge in [0.15, 0.2) is 5.78 Å². The van der Waals surface area contributed by atoms with E-state index in [1.54, 1.807) is 12.1 Å². The van der Waals surface area contributed by atoms with Crippen molar-refractivity contribution in [3.8, 4) is 11.8 Å². The molecule has 5 heteroatoms. The molecular weight excluding hydrogens is 254 g/mol. The molecule has 0 amide bonds. The molecular formula is C15H13N3O2. The zero-order valence-corrected chi connectivity index (χ0v) is 10.8. The van der Waals surface area contributed by atoms with Gasteiger partial charge in [-0.1, -0.05) is 18.2 Å². The number of hydrogen-bond donors (Lipinski definition) is 3. The highest BCUT2D eigenvalue weighted by molar-refractivity contribution is 6.05. The number of nitrogens with zero attached hydrogens (tertiary/aromatic N) is 1. The van der Waals surface area contributed by atoms with Crippen LogP contribution in [0.2, 0.25) is 0 Å². The molecule has 0 atom stereocenters. The maximum atomic E-state index is 11.7. The SMILES string of the molecule is CC(=O)c1c(O)cc(N)c(C#N)c1Nc1ccccc1. The van der Waals surface area contributed by atoms with Crippen molar-refractivity contribution in [3.63, 3.8) is 0 Å². The predicted molar refractivity (Wildman–Crippen MR) is 77.0 cm³/mol. The molecule has 0 unspecified atom stereocenters. The molecule has 100 valence electrons. The van der Waals surface area contributed by atoms with Crippen LogP contribution in [0.3, 0.4) is 0 Å². The molecule has 0 aliphatic rings. The number of nitrogen functional groups attached to an aromatic ring is 1. The fourth-order valence-corrected chi connectivity index (χ4v) is 1.96. The third-order valence-electron chi connectivity index (χ3n) is 2.84. The molecule has 0 radical (unpaired) electrons. The van der Waals surface area contributed by atoms with E-state index >= 15 is 0 Å². The highest BCUT2D eigenvalue weighted by Crippen LogP contribution is 2.35. The molecule has 2 rings (SSSR count). The number of Topliss-reactive ketones (excluding diaryl/α,β-unsaturated/α-hetero) is 1. The van der Waals surface area contributed by atoms with Crippen LogP contribution in [-0.4, -0.2) is 10.9 Å². The number of nitriles is 1. The number of anilines is 3. The Hall–Kier alpha value is -3.00. The maximum absolute atomic E-state index is 11.7. The molecule has 0 saturated heterocycles. The first-order valence-corrected chi connectivity index (χ1v) is 5.93. The Kier molecular flexibility index (Phi) is 3.58. The summed E-state index contributed by atoms with van der Waals surface area (Å²) in [6, 6.07) is 12.2. The van der Waals surface area contributed by atoms with E-state index in [1.807, 2.05) is 24.3 Å². The average molecular weight is 267 g/mol. The average Bonchev–Trinajstić information content (AvgIpc) is 2.39. The summed E-state index contributed by atoms with van der Waals surface area (Å²) in [7, 11) is 0. The molecule has 0 aliphatic carbocycles. The van der Waals surface area contributed by atoms with Crippen LogP contribution in [0.1, 0.15) is 22.8 Å². The predicted octanol–water partition coefficient (Wildman–Crippen LogP) is 2.79. The van der Waals surface area contributed by atoms with Crippen molar-refractivity contribution in [2.45, 2.75) is 6.92 Å². The van der Waals surface area contributed by atoms with Gasteiger partial charge in [0.2, 0.25) is 0 Å². The van der Waals surface area contributed by atoms with Crippen LogP contribution >= 0.6 is 0 Å². The molecule has 5 nitrogen and oxygen atoms in total. The summed E-state index contributed by atoms with van der Waals surface area (Å²) >= 11 is 0. The first kappa shape index (κ1) is 13.4. The number of hydrogen-bond acceptors (Lipinski definition) is 5. The summed E-state index contributed by atoms with van der Waals surface area (Å²) < 4.78 is 0. The summed E-state index contributed by atoms with van der Waals surface area (Å²) in [5.74, 6) is -0.593. The summed E-state index contributed by atoms with van der Waals surface area (Å²) in [4.78, 5) is 11.7. The Balaban J connectivity index is 2.66. The fraction of sp³-hybridized carbons (Fsp3) is 0.0667. The number of phenolic OH excluding ortho intramolecular Hbond substituents is 1. The van der Waals surface area contributed by atoms with E-state index < -0.39 is 0 Å². The molecule has 0 bridgehead atoms. The van der Waals surface area contributed by atoms with Crippen LogP contribution in [0.25, 0.3) is 0 Å². The molecule has 0 saturated carbocycles. The number of nitrogens with one attached hydrogen (secondary N) is 1. The number of para-hydroxylation sites is 1. The van der Waals surface area contributed by atoms with Crippen molar-refractivity contribution >= 4 is 22.8 Å². The van der Waals surface area contributed by atoms with Crippen molar-refractivity contribution in [2.75, 3.05) is 11.1 Å². The monoisotopic (exact) mass is 267 g/mol. The number of phenols is 1. The van der Waals surface area contributed by atoms with Gasteiger partial charge < -0.3 is 16.2 Å². The van der Waals surface area contributed by atoms with Crippen molar-refractivity contribution in [1.82, 2.24) is 0 Å². The highest BCUT2D eigenvalue weighted by atomic mass is 16.3. The topological polar surface area (TPSA) is 99.1 Å². The second-order valence-corrected chi connectivity index (χ2v) is 4.27. The van der Waals surface area contributed by atoms with Gasteiger partial charge in [0.05, 0.1) is 22.5 Å². The number of aromatic hydroxyl groups is 1. The molecule has 20 heavy (non-hydrogen) atoms. The Morgan fingerprint density at radius 1 is 1.35 bits per heavy atom. The minimum atomic E-state index is -0.350. The molecule has 0 aliphatic heterocycles. The van der Waals surface area contributed by atoms with Gasteiger partial charge in [0, 0.05) is 11.8 Å². The number of ketones is 1. The van der Waals surface area contributed by atoms with E-state index in [2.05, 4.69) is 5.32 Å². The largest absolute Gasteiger partial charge is 0.507 e. The van der Waals surface area contributed by atoms with E-state index in [9.17, 15) is 15.2 Å². The highest BCUT2D eigenvalue weighted by Gasteiger charge is 2.20. The molecule has 0 aromatic heterocycles. The normalized spacial score (nSPS) is 9.80. The molecule has 0 heterocycles. The smallest absolute Gasteiger partial charge is 0.165 e. The second kappa shape index (κ2) is 5.33. The maximum Gasteiger partial charge on any atom is 0.165 e. The van der Waals surface area contributed by atoms with Crippen molar-refractivity contribution < 1.29 is 9.90 Å². The van der Waals surface area contributed by atoms with Crippen LogP contribution in [0.4, 0.5) is 17.1 Å². The minimum Gasteiger partial charge on any atom is -0.507 e. The Bertz CT molecular complexity index is 703. The quantitative estimate of drug-likeness (QED) is 0.586. The molecule has 0 fully saturated rings. The van der Waals surface area contributed by atoms with Gasteiger partial charge >= 0.3 is 0 Å². The van der Waals surface area contributed by atoms with Crippen molar-refractivity contribution in [3.05, 3.63) is 47.5 Å². The van der Waals surface area contributed by atoms with Crippen molar-refractivity contribution in [2.24, 2.45) is 0 Å². The summed E-state index contributed by atoms with van der Waals surface area (Å²) in [6.45, 7) is 1.32. The lowest BCUT2D eigenvalue weighted by molar-refractivity contribution is 0.101. The molecule has 2 aromatic rings. The number of rotatable bonds is 3. The fourth-order valence-electron chi connectivity index (χ4n) is 1.96. The van der Waals surface area contributed by atoms with E-state index in [0.717, 1.165) is 0 Å². The lowest BCUT2D eigenvalue weighted by atomic mass is 10.0. The summed E-state index contributed by atoms with van der Waals surface area (Å²) in [6.07, 6.45) is 0. The number of carbonyl (C=O) groups excluding carboxylic acids is 1. The van der Waals surface area contributed by atoms with Crippen LogP contribution in [-0.2, 0) is 0 Å². The lowest BCUT2D eigenvalue weighted by Crippen LogP contribution is -2.06. The van der Waals surface area contributed by atoms with E-state index in [-0.39, 0.29) is 34.0 Å². The summed E-state index contributed by atoms with van der Waals surface area (Å²) in [5.41, 5.74) is 6.95. The van der Waals surface area contributed by atoms with Gasteiger partial charge in [-0.25, -0.2) is 0 Å². The standard InChI is InChI=1S/C15H13N3O2/c1-9(19)14-13(20)7-12(17)11(8-16)15(14)18-10-5-3-2-4-6-10/h2-7,18,20H,17H2,1H3. The zero-order chi connectivity index (χ0) is 14.7. The van der Waals surface area contributed by atoms with Crippen LogP contribution in [0.5, 0.6) is 5.75 Å². The van der Waals surface area contributed by atoms with E-state index in [1.165, 1.54) is 13.0 Å². The van der Waals surface area contributed by atoms with Gasteiger partial charge in [-0.3, -0.25) is 4.79 Å². The Labute approximate surface area is 116 Å². The molecule has 4 N–H and O–H groups in total. The van der Waals surface area contributed by atoms with E-state index in [4.69, 9.17) is 5.73 Å². The lowest BCUT2D eigenvalue weighted by Gasteiger charge is -2.15. The molecule has 2 aromatic carbocycles.